The summed E-state index contributed by atoms with van der Waals surface area (Å²) in [5.74, 6) is 0.172. The Labute approximate surface area is 163 Å². The van der Waals surface area contributed by atoms with Crippen molar-refractivity contribution in [3.05, 3.63) is 102 Å². The SMILES string of the molecule is FC(F)Oc1ccc(-c2ccc(CCc3ccc4ccccc4c3)cc2)cc1. The molecule has 0 amide bonds. The lowest BCUT2D eigenvalue weighted by atomic mass is 9.99. The molecule has 0 unspecified atom stereocenters. The number of hydrogen-bond donors (Lipinski definition) is 0. The van der Waals surface area contributed by atoms with E-state index in [-0.39, 0.29) is 5.75 Å². The monoisotopic (exact) mass is 374 g/mol. The molecule has 140 valence electrons. The number of halogens is 2. The molecule has 4 aromatic rings. The van der Waals surface area contributed by atoms with Gasteiger partial charge in [0.25, 0.3) is 0 Å². The van der Waals surface area contributed by atoms with E-state index < -0.39 is 6.61 Å². The van der Waals surface area contributed by atoms with Gasteiger partial charge in [-0.15, -0.1) is 0 Å². The zero-order valence-electron chi connectivity index (χ0n) is 15.3. The van der Waals surface area contributed by atoms with Crippen LogP contribution in [0.1, 0.15) is 11.1 Å². The number of aryl methyl sites for hydroxylation is 2. The largest absolute Gasteiger partial charge is 0.435 e. The topological polar surface area (TPSA) is 9.23 Å². The summed E-state index contributed by atoms with van der Waals surface area (Å²) in [5, 5.41) is 2.54. The van der Waals surface area contributed by atoms with Gasteiger partial charge in [-0.1, -0.05) is 78.9 Å². The molecule has 0 atom stereocenters. The van der Waals surface area contributed by atoms with Gasteiger partial charge in [-0.2, -0.15) is 8.78 Å². The zero-order valence-corrected chi connectivity index (χ0v) is 15.3. The molecular weight excluding hydrogens is 354 g/mol. The van der Waals surface area contributed by atoms with Crippen LogP contribution in [-0.4, -0.2) is 6.61 Å². The summed E-state index contributed by atoms with van der Waals surface area (Å²) in [7, 11) is 0. The molecule has 0 N–H and O–H groups in total. The highest BCUT2D eigenvalue weighted by Crippen LogP contribution is 2.24. The smallest absolute Gasteiger partial charge is 0.387 e. The molecule has 0 saturated heterocycles. The van der Waals surface area contributed by atoms with E-state index in [1.807, 2.05) is 0 Å². The minimum Gasteiger partial charge on any atom is -0.435 e. The minimum atomic E-state index is -2.80. The van der Waals surface area contributed by atoms with Crippen molar-refractivity contribution in [2.75, 3.05) is 0 Å². The lowest BCUT2D eigenvalue weighted by Gasteiger charge is -2.08. The van der Waals surface area contributed by atoms with Crippen LogP contribution in [0.2, 0.25) is 0 Å². The number of alkyl halides is 2. The maximum absolute atomic E-state index is 12.2. The molecule has 0 aliphatic heterocycles. The van der Waals surface area contributed by atoms with Gasteiger partial charge in [-0.25, -0.2) is 0 Å². The van der Waals surface area contributed by atoms with E-state index in [1.165, 1.54) is 21.9 Å². The molecule has 0 spiro atoms. The van der Waals surface area contributed by atoms with Crippen LogP contribution < -0.4 is 4.74 Å². The normalized spacial score (nSPS) is 11.1. The number of ether oxygens (including phenoxy) is 1. The first-order valence-electron chi connectivity index (χ1n) is 9.29. The van der Waals surface area contributed by atoms with E-state index >= 15 is 0 Å². The van der Waals surface area contributed by atoms with Crippen LogP contribution in [0, 0.1) is 0 Å². The Balaban J connectivity index is 1.41. The maximum atomic E-state index is 12.2. The van der Waals surface area contributed by atoms with Crippen molar-refractivity contribution >= 4 is 10.8 Å². The van der Waals surface area contributed by atoms with Crippen molar-refractivity contribution < 1.29 is 13.5 Å². The Kier molecular flexibility index (Phi) is 5.34. The van der Waals surface area contributed by atoms with Gasteiger partial charge >= 0.3 is 6.61 Å². The van der Waals surface area contributed by atoms with Crippen LogP contribution in [0.5, 0.6) is 5.75 Å². The van der Waals surface area contributed by atoms with E-state index in [2.05, 4.69) is 71.5 Å². The molecule has 4 aromatic carbocycles. The molecule has 0 heterocycles. The highest BCUT2D eigenvalue weighted by Gasteiger charge is 2.05. The second-order valence-electron chi connectivity index (χ2n) is 6.78. The van der Waals surface area contributed by atoms with Crippen LogP contribution in [0.3, 0.4) is 0 Å². The van der Waals surface area contributed by atoms with E-state index in [9.17, 15) is 8.78 Å². The molecule has 0 aliphatic carbocycles. The van der Waals surface area contributed by atoms with Gasteiger partial charge in [0, 0.05) is 0 Å². The van der Waals surface area contributed by atoms with Crippen molar-refractivity contribution in [1.82, 2.24) is 0 Å². The molecule has 0 aromatic heterocycles. The highest BCUT2D eigenvalue weighted by atomic mass is 19.3. The average Bonchev–Trinajstić information content (AvgIpc) is 2.73. The van der Waals surface area contributed by atoms with Crippen molar-refractivity contribution in [2.24, 2.45) is 0 Å². The zero-order chi connectivity index (χ0) is 19.3. The summed E-state index contributed by atoms with van der Waals surface area (Å²) in [5.41, 5.74) is 4.63. The molecule has 0 aliphatic rings. The Bertz CT molecular complexity index is 1050. The van der Waals surface area contributed by atoms with Gasteiger partial charge in [0.15, 0.2) is 0 Å². The van der Waals surface area contributed by atoms with Gasteiger partial charge in [-0.3, -0.25) is 0 Å². The summed E-state index contributed by atoms with van der Waals surface area (Å²) in [6.45, 7) is -2.80. The van der Waals surface area contributed by atoms with Crippen LogP contribution >= 0.6 is 0 Å². The maximum Gasteiger partial charge on any atom is 0.387 e. The Hall–Kier alpha value is -3.20. The lowest BCUT2D eigenvalue weighted by molar-refractivity contribution is -0.0498. The number of fused-ring (bicyclic) bond motifs is 1. The lowest BCUT2D eigenvalue weighted by Crippen LogP contribution is -2.01. The molecule has 4 rings (SSSR count). The fourth-order valence-electron chi connectivity index (χ4n) is 3.38. The fraction of sp³-hybridized carbons (Fsp3) is 0.120. The predicted octanol–water partition coefficient (Wildman–Crippen LogP) is 6.89. The van der Waals surface area contributed by atoms with Crippen LogP contribution in [-0.2, 0) is 12.8 Å². The van der Waals surface area contributed by atoms with Gasteiger partial charge in [0.05, 0.1) is 0 Å². The molecule has 0 saturated carbocycles. The van der Waals surface area contributed by atoms with Gasteiger partial charge in [0.1, 0.15) is 5.75 Å². The third kappa shape index (κ3) is 4.37. The third-order valence-corrected chi connectivity index (χ3v) is 4.88. The summed E-state index contributed by atoms with van der Waals surface area (Å²) in [6, 6.07) is 30.1. The average molecular weight is 374 g/mol. The van der Waals surface area contributed by atoms with E-state index in [0.29, 0.717) is 0 Å². The first-order valence-corrected chi connectivity index (χ1v) is 9.29. The van der Waals surface area contributed by atoms with Gasteiger partial charge < -0.3 is 4.74 Å². The molecule has 3 heteroatoms. The molecule has 28 heavy (non-hydrogen) atoms. The van der Waals surface area contributed by atoms with Gasteiger partial charge in [-0.05, 0) is 58.0 Å². The number of rotatable bonds is 6. The van der Waals surface area contributed by atoms with Crippen molar-refractivity contribution in [1.29, 1.82) is 0 Å². The minimum absolute atomic E-state index is 0.172. The van der Waals surface area contributed by atoms with Gasteiger partial charge in [0.2, 0.25) is 0 Å². The summed E-state index contributed by atoms with van der Waals surface area (Å²) in [6.07, 6.45) is 1.96. The predicted molar refractivity (Wildman–Crippen MR) is 110 cm³/mol. The summed E-state index contributed by atoms with van der Waals surface area (Å²) >= 11 is 0. The summed E-state index contributed by atoms with van der Waals surface area (Å²) in [4.78, 5) is 0. The van der Waals surface area contributed by atoms with E-state index in [0.717, 1.165) is 24.0 Å². The second-order valence-corrected chi connectivity index (χ2v) is 6.78. The summed E-state index contributed by atoms with van der Waals surface area (Å²) < 4.78 is 28.9. The number of benzene rings is 4. The Morgan fingerprint density at radius 3 is 1.86 bits per heavy atom. The fourth-order valence-corrected chi connectivity index (χ4v) is 3.38. The number of hydrogen-bond acceptors (Lipinski definition) is 1. The van der Waals surface area contributed by atoms with E-state index in [1.54, 1.807) is 24.3 Å². The Morgan fingerprint density at radius 1 is 0.607 bits per heavy atom. The molecule has 0 bridgehead atoms. The molecular formula is C25H20F2O. The first kappa shape index (κ1) is 18.2. The second kappa shape index (κ2) is 8.22. The Morgan fingerprint density at radius 2 is 1.18 bits per heavy atom. The molecule has 1 nitrogen and oxygen atoms in total. The highest BCUT2D eigenvalue weighted by molar-refractivity contribution is 5.83. The standard InChI is InChI=1S/C25H20F2O/c26-25(27)28-24-15-13-22(14-16-24)21-10-7-18(8-11-21)5-6-19-9-12-20-3-1-2-4-23(20)17-19/h1-4,7-17,25H,5-6H2. The molecule has 0 radical (unpaired) electrons. The van der Waals surface area contributed by atoms with Crippen LogP contribution in [0.15, 0.2) is 91.0 Å². The van der Waals surface area contributed by atoms with Crippen molar-refractivity contribution in [2.45, 2.75) is 19.5 Å². The van der Waals surface area contributed by atoms with Crippen molar-refractivity contribution in [3.63, 3.8) is 0 Å². The van der Waals surface area contributed by atoms with Crippen LogP contribution in [0.25, 0.3) is 21.9 Å². The molecule has 0 fully saturated rings. The first-order chi connectivity index (χ1) is 13.7. The van der Waals surface area contributed by atoms with Crippen LogP contribution in [0.4, 0.5) is 8.78 Å². The quantitative estimate of drug-likeness (QED) is 0.357. The third-order valence-electron chi connectivity index (χ3n) is 4.88. The van der Waals surface area contributed by atoms with Crippen molar-refractivity contribution in [3.8, 4) is 16.9 Å². The van der Waals surface area contributed by atoms with E-state index in [4.69, 9.17) is 0 Å².